The third-order valence-electron chi connectivity index (χ3n) is 4.27. The number of anilines is 1. The Bertz CT molecular complexity index is 763. The lowest BCUT2D eigenvalue weighted by Gasteiger charge is -2.42. The molecule has 128 valence electrons. The number of fused-ring (bicyclic) bond motifs is 3. The molecule has 0 spiro atoms. The Morgan fingerprint density at radius 2 is 1.92 bits per heavy atom. The molecule has 1 N–H and O–H groups in total. The molecule has 1 aliphatic carbocycles. The van der Waals surface area contributed by atoms with Gasteiger partial charge in [0.15, 0.2) is 0 Å². The van der Waals surface area contributed by atoms with Gasteiger partial charge in [0, 0.05) is 16.9 Å². The highest BCUT2D eigenvalue weighted by molar-refractivity contribution is 6.37. The predicted molar refractivity (Wildman–Crippen MR) is 81.4 cm³/mol. The van der Waals surface area contributed by atoms with Crippen molar-refractivity contribution in [3.8, 4) is 0 Å². The van der Waals surface area contributed by atoms with E-state index in [0.717, 1.165) is 0 Å². The van der Waals surface area contributed by atoms with E-state index in [-0.39, 0.29) is 27.1 Å². The van der Waals surface area contributed by atoms with Gasteiger partial charge in [-0.3, -0.25) is 9.69 Å². The molecular weight excluding hydrogens is 370 g/mol. The average Bonchev–Trinajstić information content (AvgIpc) is 2.92. The van der Waals surface area contributed by atoms with Crippen molar-refractivity contribution in [1.29, 1.82) is 0 Å². The molecule has 1 amide bonds. The first-order valence-electron chi connectivity index (χ1n) is 6.91. The lowest BCUT2D eigenvalue weighted by molar-refractivity contribution is -0.172. The molecule has 1 aromatic rings. The topological polar surface area (TPSA) is 57.6 Å². The van der Waals surface area contributed by atoms with Crippen LogP contribution >= 0.6 is 23.2 Å². The molecule has 0 fully saturated rings. The number of hydrogen-bond acceptors (Lipinski definition) is 2. The monoisotopic (exact) mass is 379 g/mol. The molecule has 0 radical (unpaired) electrons. The minimum Gasteiger partial charge on any atom is -0.480 e. The van der Waals surface area contributed by atoms with E-state index in [1.807, 2.05) is 0 Å². The van der Waals surface area contributed by atoms with Crippen molar-refractivity contribution in [1.82, 2.24) is 0 Å². The second-order valence-electron chi connectivity index (χ2n) is 5.63. The van der Waals surface area contributed by atoms with Crippen LogP contribution in [0.2, 0.25) is 10.0 Å². The van der Waals surface area contributed by atoms with Gasteiger partial charge in [0.2, 0.25) is 0 Å². The van der Waals surface area contributed by atoms with Crippen LogP contribution in [0.4, 0.5) is 18.9 Å². The summed E-state index contributed by atoms with van der Waals surface area (Å²) in [7, 11) is 0. The molecule has 0 saturated carbocycles. The Morgan fingerprint density at radius 3 is 2.50 bits per heavy atom. The van der Waals surface area contributed by atoms with Crippen molar-refractivity contribution in [2.75, 3.05) is 4.90 Å². The highest BCUT2D eigenvalue weighted by Gasteiger charge is 2.54. The van der Waals surface area contributed by atoms with Gasteiger partial charge in [0.25, 0.3) is 0 Å². The number of carbonyl (C=O) groups is 2. The summed E-state index contributed by atoms with van der Waals surface area (Å²) in [6.45, 7) is 0. The molecule has 3 rings (SSSR count). The van der Waals surface area contributed by atoms with Crippen LogP contribution in [0.3, 0.4) is 0 Å². The molecule has 1 aliphatic heterocycles. The molecule has 3 atom stereocenters. The number of carbonyl (C=O) groups excluding carboxylic acids is 1. The quantitative estimate of drug-likeness (QED) is 0.749. The lowest BCUT2D eigenvalue weighted by Crippen LogP contribution is -2.57. The van der Waals surface area contributed by atoms with Crippen LogP contribution < -0.4 is 4.90 Å². The van der Waals surface area contributed by atoms with E-state index in [2.05, 4.69) is 0 Å². The number of benzene rings is 1. The second-order valence-corrected chi connectivity index (χ2v) is 6.48. The van der Waals surface area contributed by atoms with Gasteiger partial charge in [-0.15, -0.1) is 0 Å². The first kappa shape index (κ1) is 17.1. The zero-order chi connectivity index (χ0) is 17.8. The number of alkyl halides is 3. The van der Waals surface area contributed by atoms with E-state index in [0.29, 0.717) is 5.56 Å². The Balaban J connectivity index is 2.28. The van der Waals surface area contributed by atoms with Gasteiger partial charge in [-0.05, 0) is 24.1 Å². The van der Waals surface area contributed by atoms with E-state index >= 15 is 0 Å². The van der Waals surface area contributed by atoms with Crippen molar-refractivity contribution in [2.24, 2.45) is 5.92 Å². The van der Waals surface area contributed by atoms with Gasteiger partial charge in [0.1, 0.15) is 6.04 Å². The van der Waals surface area contributed by atoms with Gasteiger partial charge < -0.3 is 5.11 Å². The predicted octanol–water partition coefficient (Wildman–Crippen LogP) is 4.02. The first-order valence-corrected chi connectivity index (χ1v) is 7.67. The Labute approximate surface area is 144 Å². The molecule has 0 aromatic heterocycles. The molecule has 1 heterocycles. The van der Waals surface area contributed by atoms with Gasteiger partial charge in [0.05, 0.1) is 10.7 Å². The standard InChI is InChI=1S/C15H10Cl2F3NO3/c16-6-4-9-7-2-1-3-8(7)12(13(22)23)21(11(9)10(17)5-6)14(24)15(18,19)20/h1-2,4-5,7-8,12H,3H2,(H,22,23)/t7-,8+,12-/m0/s1. The molecule has 0 bridgehead atoms. The summed E-state index contributed by atoms with van der Waals surface area (Å²) in [5, 5.41) is 9.49. The van der Waals surface area contributed by atoms with Gasteiger partial charge in [-0.2, -0.15) is 13.2 Å². The Kier molecular flexibility index (Phi) is 4.04. The zero-order valence-electron chi connectivity index (χ0n) is 11.8. The second kappa shape index (κ2) is 5.67. The number of carboxylic acid groups (broad SMARTS) is 1. The molecule has 0 saturated heterocycles. The number of hydrogen-bond donors (Lipinski definition) is 1. The highest BCUT2D eigenvalue weighted by atomic mass is 35.5. The molecule has 2 aliphatic rings. The van der Waals surface area contributed by atoms with Crippen LogP contribution in [-0.4, -0.2) is 29.2 Å². The number of amides is 1. The maximum absolute atomic E-state index is 13.1. The summed E-state index contributed by atoms with van der Waals surface area (Å²) in [5.41, 5.74) is 0.0740. The minimum atomic E-state index is -5.23. The fourth-order valence-electron chi connectivity index (χ4n) is 3.41. The van der Waals surface area contributed by atoms with Crippen LogP contribution in [0, 0.1) is 5.92 Å². The number of nitrogens with zero attached hydrogens (tertiary/aromatic N) is 1. The van der Waals surface area contributed by atoms with Crippen molar-refractivity contribution in [2.45, 2.75) is 24.6 Å². The van der Waals surface area contributed by atoms with Crippen molar-refractivity contribution < 1.29 is 27.9 Å². The van der Waals surface area contributed by atoms with Crippen LogP contribution in [-0.2, 0) is 9.59 Å². The van der Waals surface area contributed by atoms with Crippen molar-refractivity contribution in [3.63, 3.8) is 0 Å². The smallest absolute Gasteiger partial charge is 0.471 e. The highest BCUT2D eigenvalue weighted by Crippen LogP contribution is 2.51. The molecule has 0 unspecified atom stereocenters. The van der Waals surface area contributed by atoms with E-state index in [1.165, 1.54) is 12.1 Å². The third-order valence-corrected chi connectivity index (χ3v) is 4.77. The number of aliphatic carboxylic acids is 1. The summed E-state index contributed by atoms with van der Waals surface area (Å²) < 4.78 is 39.2. The first-order chi connectivity index (χ1) is 11.1. The van der Waals surface area contributed by atoms with Crippen LogP contribution in [0.25, 0.3) is 0 Å². The number of carboxylic acids is 1. The summed E-state index contributed by atoms with van der Waals surface area (Å²) in [6, 6.07) is 0.951. The van der Waals surface area contributed by atoms with Gasteiger partial charge >= 0.3 is 18.1 Å². The van der Waals surface area contributed by atoms with Gasteiger partial charge in [-0.25, -0.2) is 4.79 Å². The zero-order valence-corrected chi connectivity index (χ0v) is 13.4. The van der Waals surface area contributed by atoms with Crippen molar-refractivity contribution >= 4 is 40.8 Å². The lowest BCUT2D eigenvalue weighted by atomic mass is 9.78. The summed E-state index contributed by atoms with van der Waals surface area (Å²) in [6.07, 6.45) is -1.59. The fraction of sp³-hybridized carbons (Fsp3) is 0.333. The third kappa shape index (κ3) is 2.56. The number of allylic oxidation sites excluding steroid dienone is 2. The Hall–Kier alpha value is -1.73. The average molecular weight is 380 g/mol. The van der Waals surface area contributed by atoms with E-state index < -0.39 is 35.9 Å². The molecule has 9 heteroatoms. The van der Waals surface area contributed by atoms with Gasteiger partial charge in [-0.1, -0.05) is 35.4 Å². The molecule has 1 aromatic carbocycles. The minimum absolute atomic E-state index is 0.194. The Morgan fingerprint density at radius 1 is 1.25 bits per heavy atom. The van der Waals surface area contributed by atoms with E-state index in [9.17, 15) is 27.9 Å². The summed E-state index contributed by atoms with van der Waals surface area (Å²) in [5.74, 6) is -4.95. The van der Waals surface area contributed by atoms with E-state index in [1.54, 1.807) is 12.2 Å². The van der Waals surface area contributed by atoms with Crippen LogP contribution in [0.5, 0.6) is 0 Å². The largest absolute Gasteiger partial charge is 0.480 e. The maximum atomic E-state index is 13.1. The maximum Gasteiger partial charge on any atom is 0.471 e. The normalized spacial score (nSPS) is 25.4. The molecule has 4 nitrogen and oxygen atoms in total. The SMILES string of the molecule is O=C(O)[C@@H]1[C@@H]2CC=C[C@@H]2c2cc(Cl)cc(Cl)c2N1C(=O)C(F)(F)F. The molecule has 24 heavy (non-hydrogen) atoms. The number of halogens is 5. The van der Waals surface area contributed by atoms with Crippen LogP contribution in [0.1, 0.15) is 17.9 Å². The fourth-order valence-corrected chi connectivity index (χ4v) is 4.01. The van der Waals surface area contributed by atoms with E-state index in [4.69, 9.17) is 23.2 Å². The van der Waals surface area contributed by atoms with Crippen molar-refractivity contribution in [3.05, 3.63) is 39.9 Å². The summed E-state index contributed by atoms with van der Waals surface area (Å²) >= 11 is 12.0. The molecular formula is C15H10Cl2F3NO3. The summed E-state index contributed by atoms with van der Waals surface area (Å²) in [4.78, 5) is 23.9. The van der Waals surface area contributed by atoms with Crippen LogP contribution in [0.15, 0.2) is 24.3 Å². The number of rotatable bonds is 1.